The van der Waals surface area contributed by atoms with E-state index in [1.807, 2.05) is 0 Å². The summed E-state index contributed by atoms with van der Waals surface area (Å²) in [7, 11) is 4.47. The van der Waals surface area contributed by atoms with Crippen LogP contribution in [-0.4, -0.2) is 55.1 Å². The minimum Gasteiger partial charge on any atom is -0.493 e. The second-order valence-electron chi connectivity index (χ2n) is 9.70. The second kappa shape index (κ2) is 13.6. The zero-order valence-electron chi connectivity index (χ0n) is 23.7. The smallest absolute Gasteiger partial charge is 0.279 e. The molecule has 1 fully saturated rings. The third-order valence-corrected chi connectivity index (χ3v) is 6.93. The molecule has 1 atom stereocenters. The highest BCUT2D eigenvalue weighted by atomic mass is 16.5. The van der Waals surface area contributed by atoms with Gasteiger partial charge in [-0.25, -0.2) is 4.98 Å². The van der Waals surface area contributed by atoms with Crippen molar-refractivity contribution in [3.8, 4) is 17.2 Å². The first-order valence-electron chi connectivity index (χ1n) is 13.4. The van der Waals surface area contributed by atoms with Crippen molar-refractivity contribution in [1.29, 1.82) is 0 Å². The van der Waals surface area contributed by atoms with Crippen molar-refractivity contribution in [3.05, 3.63) is 66.2 Å². The Morgan fingerprint density at radius 3 is 2.12 bits per heavy atom. The summed E-state index contributed by atoms with van der Waals surface area (Å²) in [6.45, 7) is 1.41. The summed E-state index contributed by atoms with van der Waals surface area (Å²) < 4.78 is 16.7. The molecule has 0 bridgehead atoms. The normalized spacial score (nSPS) is 14.0. The van der Waals surface area contributed by atoms with Crippen LogP contribution in [0.25, 0.3) is 0 Å². The van der Waals surface area contributed by atoms with Crippen LogP contribution in [0.2, 0.25) is 0 Å². The molecule has 2 aromatic carbocycles. The molecule has 3 amide bonds. The van der Waals surface area contributed by atoms with E-state index in [-0.39, 0.29) is 23.6 Å². The maximum absolute atomic E-state index is 14.2. The maximum Gasteiger partial charge on any atom is 0.279 e. The zero-order chi connectivity index (χ0) is 29.4. The number of nitrogens with one attached hydrogen (secondary N) is 2. The number of rotatable bonds is 10. The van der Waals surface area contributed by atoms with Crippen LogP contribution >= 0.6 is 0 Å². The Balaban J connectivity index is 1.89. The summed E-state index contributed by atoms with van der Waals surface area (Å²) in [4.78, 5) is 49.6. The third kappa shape index (κ3) is 6.92. The van der Waals surface area contributed by atoms with Crippen molar-refractivity contribution in [3.63, 3.8) is 0 Å². The number of aromatic nitrogens is 2. The number of hydrogen-bond acceptors (Lipinski definition) is 8. The number of carbonyl (C=O) groups is 3. The van der Waals surface area contributed by atoms with E-state index in [9.17, 15) is 14.4 Å². The number of hydrogen-bond donors (Lipinski definition) is 2. The molecule has 11 nitrogen and oxygen atoms in total. The molecule has 1 saturated carbocycles. The minimum absolute atomic E-state index is 0.0172. The van der Waals surface area contributed by atoms with Crippen LogP contribution in [0.3, 0.4) is 0 Å². The molecule has 1 aromatic heterocycles. The van der Waals surface area contributed by atoms with Gasteiger partial charge in [-0.3, -0.25) is 24.3 Å². The number of carbonyl (C=O) groups excluding carboxylic acids is 3. The molecule has 41 heavy (non-hydrogen) atoms. The fraction of sp³-hybridized carbons (Fsp3) is 0.367. The van der Waals surface area contributed by atoms with Crippen molar-refractivity contribution in [2.45, 2.75) is 51.1 Å². The van der Waals surface area contributed by atoms with Gasteiger partial charge in [0, 0.05) is 36.7 Å². The summed E-state index contributed by atoms with van der Waals surface area (Å²) >= 11 is 0. The average molecular weight is 562 g/mol. The van der Waals surface area contributed by atoms with Gasteiger partial charge in [0.2, 0.25) is 17.6 Å². The van der Waals surface area contributed by atoms with Crippen LogP contribution in [0, 0.1) is 0 Å². The predicted molar refractivity (Wildman–Crippen MR) is 153 cm³/mol. The largest absolute Gasteiger partial charge is 0.493 e. The molecule has 11 heteroatoms. The van der Waals surface area contributed by atoms with Crippen molar-refractivity contribution in [2.75, 3.05) is 31.5 Å². The van der Waals surface area contributed by atoms with E-state index in [1.54, 1.807) is 36.4 Å². The number of benzene rings is 2. The van der Waals surface area contributed by atoms with E-state index in [0.29, 0.717) is 34.2 Å². The molecule has 216 valence electrons. The van der Waals surface area contributed by atoms with Gasteiger partial charge >= 0.3 is 0 Å². The first-order valence-corrected chi connectivity index (χ1v) is 13.4. The van der Waals surface area contributed by atoms with Gasteiger partial charge in [0.25, 0.3) is 5.91 Å². The van der Waals surface area contributed by atoms with Crippen molar-refractivity contribution in [2.24, 2.45) is 0 Å². The molecule has 0 spiro atoms. The predicted octanol–water partition coefficient (Wildman–Crippen LogP) is 4.30. The average Bonchev–Trinajstić information content (AvgIpc) is 2.99. The first-order chi connectivity index (χ1) is 19.9. The highest BCUT2D eigenvalue weighted by molar-refractivity contribution is 6.09. The van der Waals surface area contributed by atoms with Gasteiger partial charge in [-0.15, -0.1) is 0 Å². The SMILES string of the molecule is COc1cc([C@@H](C(=O)NC2CCCCC2)N(C(=O)c2cnccn2)c2ccc(NC(C)=O)cc2)cc(OC)c1OC. The van der Waals surface area contributed by atoms with Crippen LogP contribution < -0.4 is 29.7 Å². The number of anilines is 2. The van der Waals surface area contributed by atoms with Crippen molar-refractivity contribution >= 4 is 29.1 Å². The van der Waals surface area contributed by atoms with E-state index in [4.69, 9.17) is 14.2 Å². The number of nitrogens with zero attached hydrogens (tertiary/aromatic N) is 3. The highest BCUT2D eigenvalue weighted by Crippen LogP contribution is 2.42. The van der Waals surface area contributed by atoms with E-state index < -0.39 is 11.9 Å². The van der Waals surface area contributed by atoms with Crippen LogP contribution in [-0.2, 0) is 9.59 Å². The summed E-state index contributed by atoms with van der Waals surface area (Å²) in [5.74, 6) is -0.100. The van der Waals surface area contributed by atoms with Gasteiger partial charge in [-0.05, 0) is 54.8 Å². The standard InChI is InChI=1S/C30H35N5O6/c1-19(36)33-22-10-12-23(13-11-22)35(30(38)24-18-31-14-15-32-24)27(29(37)34-21-8-6-5-7-9-21)20-16-25(39-2)28(41-4)26(17-20)40-3/h10-18,21,27H,5-9H2,1-4H3,(H,33,36)(H,34,37)/t27-/m0/s1. The summed E-state index contributed by atoms with van der Waals surface area (Å²) in [5.41, 5.74) is 1.45. The van der Waals surface area contributed by atoms with Gasteiger partial charge in [-0.1, -0.05) is 19.3 Å². The Morgan fingerprint density at radius 2 is 1.59 bits per heavy atom. The maximum atomic E-state index is 14.2. The molecule has 1 heterocycles. The van der Waals surface area contributed by atoms with Gasteiger partial charge in [-0.2, -0.15) is 0 Å². The molecule has 0 saturated heterocycles. The molecule has 0 unspecified atom stereocenters. The molecule has 4 rings (SSSR count). The Labute approximate surface area is 239 Å². The van der Waals surface area contributed by atoms with Gasteiger partial charge in [0.1, 0.15) is 11.7 Å². The fourth-order valence-electron chi connectivity index (χ4n) is 5.03. The van der Waals surface area contributed by atoms with Crippen LogP contribution in [0.5, 0.6) is 17.2 Å². The van der Waals surface area contributed by atoms with E-state index in [0.717, 1.165) is 32.1 Å². The summed E-state index contributed by atoms with van der Waals surface area (Å²) in [5, 5.41) is 5.90. The van der Waals surface area contributed by atoms with Gasteiger partial charge in [0.15, 0.2) is 11.5 Å². The Morgan fingerprint density at radius 1 is 0.927 bits per heavy atom. The Hall–Kier alpha value is -4.67. The molecule has 0 radical (unpaired) electrons. The van der Waals surface area contributed by atoms with Gasteiger partial charge in [0.05, 0.1) is 27.5 Å². The van der Waals surface area contributed by atoms with E-state index >= 15 is 0 Å². The Bertz CT molecular complexity index is 1330. The summed E-state index contributed by atoms with van der Waals surface area (Å²) in [6, 6.07) is 8.82. The minimum atomic E-state index is -1.15. The monoisotopic (exact) mass is 561 g/mol. The number of ether oxygens (including phenoxy) is 3. The van der Waals surface area contributed by atoms with E-state index in [1.165, 1.54) is 51.7 Å². The second-order valence-corrected chi connectivity index (χ2v) is 9.70. The first kappa shape index (κ1) is 29.3. The lowest BCUT2D eigenvalue weighted by Crippen LogP contribution is -2.47. The summed E-state index contributed by atoms with van der Waals surface area (Å²) in [6.07, 6.45) is 9.12. The lowest BCUT2D eigenvalue weighted by Gasteiger charge is -2.33. The third-order valence-electron chi connectivity index (χ3n) is 6.93. The molecule has 1 aliphatic carbocycles. The number of amides is 3. The zero-order valence-corrected chi connectivity index (χ0v) is 23.7. The fourth-order valence-corrected chi connectivity index (χ4v) is 5.03. The lowest BCUT2D eigenvalue weighted by atomic mass is 9.94. The quantitative estimate of drug-likeness (QED) is 0.375. The van der Waals surface area contributed by atoms with Crippen molar-refractivity contribution < 1.29 is 28.6 Å². The molecular weight excluding hydrogens is 526 g/mol. The topological polar surface area (TPSA) is 132 Å². The Kier molecular flexibility index (Phi) is 9.73. The van der Waals surface area contributed by atoms with Crippen LogP contribution in [0.4, 0.5) is 11.4 Å². The highest BCUT2D eigenvalue weighted by Gasteiger charge is 2.36. The van der Waals surface area contributed by atoms with Crippen molar-refractivity contribution in [1.82, 2.24) is 15.3 Å². The van der Waals surface area contributed by atoms with Crippen LogP contribution in [0.1, 0.15) is 61.1 Å². The van der Waals surface area contributed by atoms with Gasteiger partial charge < -0.3 is 24.8 Å². The molecule has 2 N–H and O–H groups in total. The molecular formula is C30H35N5O6. The molecule has 3 aromatic rings. The van der Waals surface area contributed by atoms with E-state index in [2.05, 4.69) is 20.6 Å². The molecule has 0 aliphatic heterocycles. The molecule has 1 aliphatic rings. The van der Waals surface area contributed by atoms with Crippen LogP contribution in [0.15, 0.2) is 55.0 Å². The lowest BCUT2D eigenvalue weighted by molar-refractivity contribution is -0.123. The number of methoxy groups -OCH3 is 3.